The van der Waals surface area contributed by atoms with E-state index >= 15 is 0 Å². The van der Waals surface area contributed by atoms with Gasteiger partial charge in [0.2, 0.25) is 0 Å². The predicted octanol–water partition coefficient (Wildman–Crippen LogP) is 2.54. The molecule has 12 heavy (non-hydrogen) atoms. The fourth-order valence-electron chi connectivity index (χ4n) is 1.18. The second-order valence-electron chi connectivity index (χ2n) is 2.53. The van der Waals surface area contributed by atoms with Crippen LogP contribution in [0.1, 0.15) is 0 Å². The van der Waals surface area contributed by atoms with E-state index in [1.165, 1.54) is 0 Å². The molecule has 0 spiro atoms. The Morgan fingerprint density at radius 1 is 0.833 bits per heavy atom. The van der Waals surface area contributed by atoms with Gasteiger partial charge in [0.05, 0.1) is 0 Å². The molecule has 2 rings (SSSR count). The van der Waals surface area contributed by atoms with Crippen molar-refractivity contribution in [2.45, 2.75) is 0 Å². The van der Waals surface area contributed by atoms with Crippen molar-refractivity contribution in [2.75, 3.05) is 0 Å². The van der Waals surface area contributed by atoms with Crippen LogP contribution in [0.2, 0.25) is 0 Å². The summed E-state index contributed by atoms with van der Waals surface area (Å²) in [4.78, 5) is 0. The molecule has 0 bridgehead atoms. The van der Waals surface area contributed by atoms with Gasteiger partial charge in [-0.1, -0.05) is 30.3 Å². The minimum atomic E-state index is 0. The topological polar surface area (TPSA) is 20.2 Å². The Balaban J connectivity index is 0.000000720. The average molecular weight is 200 g/mol. The maximum atomic E-state index is 9.13. The van der Waals surface area contributed by atoms with Crippen LogP contribution in [-0.2, 0) is 17.1 Å². The van der Waals surface area contributed by atoms with Gasteiger partial charge in [0.1, 0.15) is 5.75 Å². The van der Waals surface area contributed by atoms with E-state index in [0.29, 0.717) is 5.75 Å². The molecule has 0 aliphatic heterocycles. The van der Waals surface area contributed by atoms with Crippen LogP contribution in [0.15, 0.2) is 42.5 Å². The molecule has 1 N–H and O–H groups in total. The molecule has 2 aromatic carbocycles. The first-order valence-corrected chi connectivity index (χ1v) is 3.54. The Morgan fingerprint density at radius 2 is 1.50 bits per heavy atom. The standard InChI is InChI=1S/C10H8O.Fe/c11-10-6-5-8-3-1-2-4-9(8)7-10;/h1-7,11H;. The third kappa shape index (κ3) is 1.60. The third-order valence-corrected chi connectivity index (χ3v) is 1.73. The normalized spacial score (nSPS) is 9.33. The van der Waals surface area contributed by atoms with E-state index in [-0.39, 0.29) is 17.1 Å². The van der Waals surface area contributed by atoms with Crippen molar-refractivity contribution < 1.29 is 22.2 Å². The first-order valence-electron chi connectivity index (χ1n) is 3.54. The molecule has 0 heterocycles. The number of phenols is 1. The van der Waals surface area contributed by atoms with E-state index < -0.39 is 0 Å². The molecule has 0 fully saturated rings. The fourth-order valence-corrected chi connectivity index (χ4v) is 1.18. The van der Waals surface area contributed by atoms with Crippen LogP contribution in [0.4, 0.5) is 0 Å². The van der Waals surface area contributed by atoms with Gasteiger partial charge in [0, 0.05) is 17.1 Å². The van der Waals surface area contributed by atoms with Gasteiger partial charge in [-0.25, -0.2) is 0 Å². The Bertz CT molecular complexity index is 384. The van der Waals surface area contributed by atoms with Crippen LogP contribution >= 0.6 is 0 Å². The molecule has 2 aromatic rings. The average Bonchev–Trinajstić information content (AvgIpc) is 2.04. The van der Waals surface area contributed by atoms with Gasteiger partial charge in [-0.2, -0.15) is 0 Å². The molecule has 62 valence electrons. The monoisotopic (exact) mass is 200 g/mol. The quantitative estimate of drug-likeness (QED) is 0.647. The van der Waals surface area contributed by atoms with Gasteiger partial charge in [-0.3, -0.25) is 0 Å². The van der Waals surface area contributed by atoms with Crippen molar-refractivity contribution in [1.29, 1.82) is 0 Å². The van der Waals surface area contributed by atoms with Crippen LogP contribution in [-0.4, -0.2) is 5.11 Å². The second-order valence-corrected chi connectivity index (χ2v) is 2.53. The summed E-state index contributed by atoms with van der Waals surface area (Å²) in [5.41, 5.74) is 0. The number of phenolic OH excluding ortho intramolecular Hbond substituents is 1. The van der Waals surface area contributed by atoms with Gasteiger partial charge < -0.3 is 5.11 Å². The third-order valence-electron chi connectivity index (χ3n) is 1.73. The Labute approximate surface area is 81.5 Å². The zero-order chi connectivity index (χ0) is 7.68. The van der Waals surface area contributed by atoms with Gasteiger partial charge in [-0.05, 0) is 22.9 Å². The van der Waals surface area contributed by atoms with Crippen molar-refractivity contribution in [1.82, 2.24) is 0 Å². The number of aromatic hydroxyl groups is 1. The fraction of sp³-hybridized carbons (Fsp3) is 0. The van der Waals surface area contributed by atoms with E-state index in [9.17, 15) is 0 Å². The zero-order valence-electron chi connectivity index (χ0n) is 6.34. The molecule has 1 nitrogen and oxygen atoms in total. The molecular weight excluding hydrogens is 192 g/mol. The van der Waals surface area contributed by atoms with E-state index in [2.05, 4.69) is 0 Å². The summed E-state index contributed by atoms with van der Waals surface area (Å²) in [6, 6.07) is 13.3. The zero-order valence-corrected chi connectivity index (χ0v) is 7.45. The maximum absolute atomic E-state index is 9.13. The molecule has 0 unspecified atom stereocenters. The summed E-state index contributed by atoms with van der Waals surface area (Å²) in [6.07, 6.45) is 0. The minimum Gasteiger partial charge on any atom is -0.508 e. The molecule has 0 aromatic heterocycles. The van der Waals surface area contributed by atoms with Gasteiger partial charge in [0.15, 0.2) is 0 Å². The Morgan fingerprint density at radius 3 is 2.25 bits per heavy atom. The Hall–Kier alpha value is -0.981. The van der Waals surface area contributed by atoms with E-state index in [4.69, 9.17) is 5.11 Å². The molecule has 2 heteroatoms. The number of fused-ring (bicyclic) bond motifs is 1. The molecule has 0 aliphatic rings. The number of hydrogen-bond acceptors (Lipinski definition) is 1. The summed E-state index contributed by atoms with van der Waals surface area (Å²) in [7, 11) is 0. The van der Waals surface area contributed by atoms with Crippen LogP contribution in [0.25, 0.3) is 10.8 Å². The predicted molar refractivity (Wildman–Crippen MR) is 45.6 cm³/mol. The van der Waals surface area contributed by atoms with Gasteiger partial charge in [0.25, 0.3) is 0 Å². The summed E-state index contributed by atoms with van der Waals surface area (Å²) >= 11 is 0. The summed E-state index contributed by atoms with van der Waals surface area (Å²) in [5.74, 6) is 0.323. The van der Waals surface area contributed by atoms with Crippen LogP contribution in [0.5, 0.6) is 5.75 Å². The van der Waals surface area contributed by atoms with Gasteiger partial charge >= 0.3 is 0 Å². The maximum Gasteiger partial charge on any atom is 0.116 e. The first-order chi connectivity index (χ1) is 5.36. The van der Waals surface area contributed by atoms with Crippen LogP contribution < -0.4 is 0 Å². The molecule has 0 amide bonds. The number of rotatable bonds is 0. The van der Waals surface area contributed by atoms with Gasteiger partial charge in [-0.15, -0.1) is 0 Å². The van der Waals surface area contributed by atoms with E-state index in [0.717, 1.165) is 10.8 Å². The number of benzene rings is 2. The molecule has 0 radical (unpaired) electrons. The SMILES string of the molecule is Oc1ccc2ccccc2c1.[Fe]. The summed E-state index contributed by atoms with van der Waals surface area (Å²) in [5, 5.41) is 11.4. The van der Waals surface area contributed by atoms with Crippen molar-refractivity contribution in [3.8, 4) is 5.75 Å². The van der Waals surface area contributed by atoms with Crippen molar-refractivity contribution in [3.63, 3.8) is 0 Å². The first kappa shape index (κ1) is 9.11. The van der Waals surface area contributed by atoms with Crippen molar-refractivity contribution in [2.24, 2.45) is 0 Å². The molecule has 0 saturated heterocycles. The van der Waals surface area contributed by atoms with Crippen molar-refractivity contribution >= 4 is 10.8 Å². The van der Waals surface area contributed by atoms with Crippen LogP contribution in [0.3, 0.4) is 0 Å². The molecule has 0 saturated carbocycles. The summed E-state index contributed by atoms with van der Waals surface area (Å²) in [6.45, 7) is 0. The van der Waals surface area contributed by atoms with Crippen LogP contribution in [0, 0.1) is 0 Å². The summed E-state index contributed by atoms with van der Waals surface area (Å²) < 4.78 is 0. The second kappa shape index (κ2) is 3.61. The van der Waals surface area contributed by atoms with Crippen molar-refractivity contribution in [3.05, 3.63) is 42.5 Å². The smallest absolute Gasteiger partial charge is 0.116 e. The molecule has 0 atom stereocenters. The Kier molecular flexibility index (Phi) is 2.74. The van der Waals surface area contributed by atoms with E-state index in [1.807, 2.05) is 30.3 Å². The molecular formula is C10H8FeO. The van der Waals surface area contributed by atoms with E-state index in [1.54, 1.807) is 12.1 Å². The number of hydrogen-bond donors (Lipinski definition) is 1. The minimum absolute atomic E-state index is 0. The largest absolute Gasteiger partial charge is 0.508 e. The molecule has 0 aliphatic carbocycles.